The molecule has 2 aliphatic rings. The number of hydrogen-bond acceptors (Lipinski definition) is 1. The molecule has 22 heavy (non-hydrogen) atoms. The molecule has 1 nitrogen and oxygen atoms in total. The van der Waals surface area contributed by atoms with Crippen LogP contribution in [0.2, 0.25) is 5.02 Å². The zero-order valence-electron chi connectivity index (χ0n) is 13.5. The quantitative estimate of drug-likeness (QED) is 0.620. The number of benzene rings is 1. The average Bonchev–Trinajstić information content (AvgIpc) is 2.55. The Morgan fingerprint density at radius 2 is 1.77 bits per heavy atom. The minimum atomic E-state index is 0.490. The van der Waals surface area contributed by atoms with Crippen molar-refractivity contribution in [2.45, 2.75) is 57.5 Å². The molecule has 2 fully saturated rings. The van der Waals surface area contributed by atoms with Gasteiger partial charge in [0.2, 0.25) is 0 Å². The Hall–Kier alpha value is -0.790. The summed E-state index contributed by atoms with van der Waals surface area (Å²) in [7, 11) is 0. The van der Waals surface area contributed by atoms with Crippen LogP contribution in [-0.2, 0) is 4.74 Å². The van der Waals surface area contributed by atoms with Crippen molar-refractivity contribution in [3.05, 3.63) is 47.0 Å². The van der Waals surface area contributed by atoms with E-state index in [4.69, 9.17) is 16.3 Å². The van der Waals surface area contributed by atoms with E-state index in [0.29, 0.717) is 6.10 Å². The number of halogens is 1. The Morgan fingerprint density at radius 1 is 1.05 bits per heavy atom. The van der Waals surface area contributed by atoms with Crippen molar-refractivity contribution in [3.8, 4) is 0 Å². The second kappa shape index (κ2) is 7.66. The molecule has 4 atom stereocenters. The lowest BCUT2D eigenvalue weighted by molar-refractivity contribution is -0.00319. The highest BCUT2D eigenvalue weighted by Gasteiger charge is 2.36. The second-order valence-corrected chi connectivity index (χ2v) is 7.36. The molecule has 0 N–H and O–H groups in total. The number of ether oxygens (including phenoxy) is 1. The number of allylic oxidation sites excluding steroid dienone is 1. The van der Waals surface area contributed by atoms with Crippen LogP contribution in [-0.4, -0.2) is 12.7 Å². The van der Waals surface area contributed by atoms with Crippen LogP contribution in [0.5, 0.6) is 0 Å². The Labute approximate surface area is 139 Å². The van der Waals surface area contributed by atoms with Gasteiger partial charge in [-0.05, 0) is 80.9 Å². The molecule has 2 saturated carbocycles. The lowest BCUT2D eigenvalue weighted by Crippen LogP contribution is -2.33. The van der Waals surface area contributed by atoms with Crippen LogP contribution in [0.25, 0.3) is 0 Å². The van der Waals surface area contributed by atoms with E-state index in [0.717, 1.165) is 29.4 Å². The molecule has 0 bridgehead atoms. The van der Waals surface area contributed by atoms with E-state index in [1.165, 1.54) is 44.1 Å². The van der Waals surface area contributed by atoms with E-state index in [9.17, 15) is 0 Å². The summed E-state index contributed by atoms with van der Waals surface area (Å²) in [5.41, 5.74) is 1.48. The largest absolute Gasteiger partial charge is 0.374 e. The summed E-state index contributed by atoms with van der Waals surface area (Å²) < 4.78 is 6.00. The highest BCUT2D eigenvalue weighted by molar-refractivity contribution is 6.30. The SMILES string of the molecule is C/C=C/COC1CCC2CC(c3ccc(Cl)cc3)CCC2C1. The lowest BCUT2D eigenvalue weighted by Gasteiger charge is -2.42. The molecule has 0 radical (unpaired) electrons. The van der Waals surface area contributed by atoms with Gasteiger partial charge in [-0.3, -0.25) is 0 Å². The van der Waals surface area contributed by atoms with E-state index in [2.05, 4.69) is 31.2 Å². The van der Waals surface area contributed by atoms with Crippen LogP contribution < -0.4 is 0 Å². The van der Waals surface area contributed by atoms with E-state index < -0.39 is 0 Å². The van der Waals surface area contributed by atoms with Crippen molar-refractivity contribution in [1.82, 2.24) is 0 Å². The summed E-state index contributed by atoms with van der Waals surface area (Å²) in [6.07, 6.45) is 12.6. The number of hydrogen-bond donors (Lipinski definition) is 0. The van der Waals surface area contributed by atoms with Crippen molar-refractivity contribution in [2.75, 3.05) is 6.61 Å². The molecule has 0 spiro atoms. The van der Waals surface area contributed by atoms with Crippen molar-refractivity contribution in [3.63, 3.8) is 0 Å². The fourth-order valence-corrected chi connectivity index (χ4v) is 4.45. The Morgan fingerprint density at radius 3 is 2.55 bits per heavy atom. The van der Waals surface area contributed by atoms with Gasteiger partial charge in [-0.15, -0.1) is 0 Å². The Kier molecular flexibility index (Phi) is 5.60. The standard InChI is InChI=1S/C20H27ClO/c1-2-3-12-22-20-11-8-17-13-16(4-5-18(17)14-20)15-6-9-19(21)10-7-15/h2-3,6-7,9-10,16-18,20H,4-5,8,11-14H2,1H3/b3-2+. The van der Waals surface area contributed by atoms with Gasteiger partial charge >= 0.3 is 0 Å². The van der Waals surface area contributed by atoms with Crippen LogP contribution in [0.15, 0.2) is 36.4 Å². The molecule has 0 aliphatic heterocycles. The summed E-state index contributed by atoms with van der Waals surface area (Å²) in [5.74, 6) is 2.52. The van der Waals surface area contributed by atoms with Crippen LogP contribution in [0, 0.1) is 11.8 Å². The first-order valence-corrected chi connectivity index (χ1v) is 9.12. The van der Waals surface area contributed by atoms with Crippen LogP contribution in [0.4, 0.5) is 0 Å². The van der Waals surface area contributed by atoms with Gasteiger partial charge < -0.3 is 4.74 Å². The maximum Gasteiger partial charge on any atom is 0.0651 e. The van der Waals surface area contributed by atoms with Crippen molar-refractivity contribution in [1.29, 1.82) is 0 Å². The van der Waals surface area contributed by atoms with E-state index in [-0.39, 0.29) is 0 Å². The van der Waals surface area contributed by atoms with E-state index in [1.807, 2.05) is 12.1 Å². The molecule has 0 aromatic heterocycles. The van der Waals surface area contributed by atoms with Crippen LogP contribution in [0.3, 0.4) is 0 Å². The van der Waals surface area contributed by atoms with Crippen molar-refractivity contribution in [2.24, 2.45) is 11.8 Å². The molecule has 3 rings (SSSR count). The van der Waals surface area contributed by atoms with Crippen molar-refractivity contribution >= 4 is 11.6 Å². The molecule has 0 saturated heterocycles. The molecule has 4 unspecified atom stereocenters. The van der Waals surface area contributed by atoms with Gasteiger partial charge in [-0.1, -0.05) is 35.9 Å². The summed E-state index contributed by atoms with van der Waals surface area (Å²) >= 11 is 6.01. The summed E-state index contributed by atoms with van der Waals surface area (Å²) in [6, 6.07) is 8.52. The van der Waals surface area contributed by atoms with Gasteiger partial charge in [0.1, 0.15) is 0 Å². The average molecular weight is 319 g/mol. The fraction of sp³-hybridized carbons (Fsp3) is 0.600. The maximum atomic E-state index is 6.01. The molecule has 120 valence electrons. The Balaban J connectivity index is 1.54. The second-order valence-electron chi connectivity index (χ2n) is 6.92. The van der Waals surface area contributed by atoms with Gasteiger partial charge in [-0.25, -0.2) is 0 Å². The predicted octanol–water partition coefficient (Wildman–Crippen LogP) is 5.99. The Bertz CT molecular complexity index is 493. The fourth-order valence-electron chi connectivity index (χ4n) is 4.32. The molecular weight excluding hydrogens is 292 g/mol. The minimum absolute atomic E-state index is 0.490. The molecule has 1 aromatic rings. The first kappa shape index (κ1) is 16.1. The van der Waals surface area contributed by atoms with E-state index in [1.54, 1.807) is 0 Å². The monoisotopic (exact) mass is 318 g/mol. The zero-order valence-corrected chi connectivity index (χ0v) is 14.3. The summed E-state index contributed by atoms with van der Waals surface area (Å²) in [5, 5.41) is 0.844. The van der Waals surface area contributed by atoms with Gasteiger partial charge in [0.05, 0.1) is 12.7 Å². The van der Waals surface area contributed by atoms with Crippen LogP contribution >= 0.6 is 11.6 Å². The molecule has 1 aromatic carbocycles. The van der Waals surface area contributed by atoms with Crippen molar-refractivity contribution < 1.29 is 4.74 Å². The molecular formula is C20H27ClO. The number of fused-ring (bicyclic) bond motifs is 1. The highest BCUT2D eigenvalue weighted by Crippen LogP contribution is 2.46. The van der Waals surface area contributed by atoms with E-state index >= 15 is 0 Å². The summed E-state index contributed by atoms with van der Waals surface area (Å²) in [6.45, 7) is 2.84. The van der Waals surface area contributed by atoms with Gasteiger partial charge in [0.25, 0.3) is 0 Å². The smallest absolute Gasteiger partial charge is 0.0651 e. The molecule has 0 heterocycles. The third-order valence-electron chi connectivity index (χ3n) is 5.57. The first-order chi connectivity index (χ1) is 10.8. The molecule has 2 heteroatoms. The van der Waals surface area contributed by atoms with Gasteiger partial charge in [-0.2, -0.15) is 0 Å². The highest BCUT2D eigenvalue weighted by atomic mass is 35.5. The number of rotatable bonds is 4. The predicted molar refractivity (Wildman–Crippen MR) is 93.4 cm³/mol. The zero-order chi connectivity index (χ0) is 15.4. The lowest BCUT2D eigenvalue weighted by atomic mass is 9.65. The molecule has 0 amide bonds. The van der Waals surface area contributed by atoms with Crippen LogP contribution in [0.1, 0.15) is 56.9 Å². The molecule has 2 aliphatic carbocycles. The van der Waals surface area contributed by atoms with Gasteiger partial charge in [0.15, 0.2) is 0 Å². The third kappa shape index (κ3) is 3.94. The normalized spacial score (nSPS) is 32.1. The maximum absolute atomic E-state index is 6.01. The summed E-state index contributed by atoms with van der Waals surface area (Å²) in [4.78, 5) is 0. The topological polar surface area (TPSA) is 9.23 Å². The first-order valence-electron chi connectivity index (χ1n) is 8.74. The third-order valence-corrected chi connectivity index (χ3v) is 5.82. The minimum Gasteiger partial charge on any atom is -0.374 e. The van der Waals surface area contributed by atoms with Gasteiger partial charge in [0, 0.05) is 5.02 Å².